The van der Waals surface area contributed by atoms with Crippen LogP contribution >= 0.6 is 11.6 Å². The number of carbonyl (C=O) groups is 1. The first-order valence-electron chi connectivity index (χ1n) is 9.02. The van der Waals surface area contributed by atoms with Crippen molar-refractivity contribution in [1.29, 1.82) is 0 Å². The molecule has 0 aliphatic carbocycles. The molecule has 3 aromatic rings. The predicted octanol–water partition coefficient (Wildman–Crippen LogP) is 5.32. The Morgan fingerprint density at radius 1 is 1.19 bits per heavy atom. The van der Waals surface area contributed by atoms with Crippen molar-refractivity contribution in [2.24, 2.45) is 0 Å². The molecule has 5 heteroatoms. The number of halogens is 1. The van der Waals surface area contributed by atoms with Gasteiger partial charge in [-0.25, -0.2) is 0 Å². The topological polar surface area (TPSA) is 55.1 Å². The number of Topliss-reactive ketones (excluding diaryl/α,β-unsaturated/α-hetero) is 1. The zero-order valence-corrected chi connectivity index (χ0v) is 16.3. The Bertz CT molecular complexity index is 1010. The van der Waals surface area contributed by atoms with Crippen molar-refractivity contribution in [3.05, 3.63) is 75.6 Å². The molecule has 4 nitrogen and oxygen atoms in total. The first-order valence-corrected chi connectivity index (χ1v) is 9.40. The Balaban J connectivity index is 1.96. The zero-order chi connectivity index (χ0) is 19.1. The van der Waals surface area contributed by atoms with Gasteiger partial charge in [0.2, 0.25) is 0 Å². The molecule has 2 aromatic carbocycles. The number of aryl methyl sites for hydroxylation is 2. The normalized spacial score (nSPS) is 18.5. The van der Waals surface area contributed by atoms with Crippen LogP contribution in [0.5, 0.6) is 0 Å². The number of carbonyl (C=O) groups excluding carboxylic acids is 1. The van der Waals surface area contributed by atoms with Crippen LogP contribution in [0.15, 0.2) is 47.0 Å². The van der Waals surface area contributed by atoms with E-state index in [1.54, 1.807) is 6.92 Å². The molecule has 1 aliphatic heterocycles. The molecule has 2 atom stereocenters. The maximum absolute atomic E-state index is 11.9. The standard InChI is InChI=1S/C22H21ClN2O2/c1-12-5-4-6-17-19(12)21(15-7-9-16(23)10-8-15)24-18(11-13(2)26)22-20(17)14(3)25-27-22/h4-10,18,21,24H,11H2,1-3H3/t18-,21?/m0/s1. The minimum atomic E-state index is -0.244. The molecule has 0 spiro atoms. The minimum absolute atomic E-state index is 0.0789. The summed E-state index contributed by atoms with van der Waals surface area (Å²) in [5.74, 6) is 0.830. The van der Waals surface area contributed by atoms with E-state index in [4.69, 9.17) is 16.1 Å². The van der Waals surface area contributed by atoms with Crippen molar-refractivity contribution in [2.75, 3.05) is 0 Å². The Kier molecular flexibility index (Phi) is 4.62. The second kappa shape index (κ2) is 6.95. The molecule has 1 N–H and O–H groups in total. The van der Waals surface area contributed by atoms with Crippen molar-refractivity contribution >= 4 is 17.4 Å². The van der Waals surface area contributed by atoms with E-state index in [1.807, 2.05) is 31.2 Å². The molecule has 0 bridgehead atoms. The summed E-state index contributed by atoms with van der Waals surface area (Å²) in [6.07, 6.45) is 0.346. The van der Waals surface area contributed by atoms with Gasteiger partial charge in [-0.3, -0.25) is 10.1 Å². The van der Waals surface area contributed by atoms with Gasteiger partial charge in [0.1, 0.15) is 5.78 Å². The SMILES string of the molecule is CC(=O)C[C@@H]1NC(c2ccc(Cl)cc2)c2c(C)cccc2-c2c(C)noc21. The number of aromatic nitrogens is 1. The Labute approximate surface area is 163 Å². The molecular formula is C22H21ClN2O2. The lowest BCUT2D eigenvalue weighted by molar-refractivity contribution is -0.117. The van der Waals surface area contributed by atoms with Gasteiger partial charge < -0.3 is 4.52 Å². The fourth-order valence-electron chi connectivity index (χ4n) is 3.95. The third kappa shape index (κ3) is 3.20. The van der Waals surface area contributed by atoms with E-state index >= 15 is 0 Å². The number of hydrogen-bond acceptors (Lipinski definition) is 4. The summed E-state index contributed by atoms with van der Waals surface area (Å²) in [5, 5.41) is 8.54. The minimum Gasteiger partial charge on any atom is -0.359 e. The van der Waals surface area contributed by atoms with Gasteiger partial charge in [0.05, 0.1) is 17.8 Å². The molecule has 138 valence electrons. The van der Waals surface area contributed by atoms with E-state index in [9.17, 15) is 4.79 Å². The van der Waals surface area contributed by atoms with E-state index < -0.39 is 0 Å². The van der Waals surface area contributed by atoms with Crippen LogP contribution < -0.4 is 5.32 Å². The van der Waals surface area contributed by atoms with Gasteiger partial charge in [-0.05, 0) is 55.2 Å². The monoisotopic (exact) mass is 380 g/mol. The van der Waals surface area contributed by atoms with Gasteiger partial charge in [0.15, 0.2) is 5.76 Å². The molecule has 0 radical (unpaired) electrons. The maximum Gasteiger partial charge on any atom is 0.162 e. The molecule has 0 saturated carbocycles. The van der Waals surface area contributed by atoms with Crippen LogP contribution in [-0.4, -0.2) is 10.9 Å². The van der Waals surface area contributed by atoms with Crippen molar-refractivity contribution < 1.29 is 9.32 Å². The average molecular weight is 381 g/mol. The molecule has 0 saturated heterocycles. The Hall–Kier alpha value is -2.43. The zero-order valence-electron chi connectivity index (χ0n) is 15.5. The molecule has 2 heterocycles. The Morgan fingerprint density at radius 3 is 2.63 bits per heavy atom. The fourth-order valence-corrected chi connectivity index (χ4v) is 4.08. The molecule has 4 rings (SSSR count). The molecule has 1 aromatic heterocycles. The highest BCUT2D eigenvalue weighted by Gasteiger charge is 2.34. The second-order valence-corrected chi connectivity index (χ2v) is 7.59. The average Bonchev–Trinajstić information content (AvgIpc) is 2.94. The number of ketones is 1. The molecule has 0 fully saturated rings. The highest BCUT2D eigenvalue weighted by Crippen LogP contribution is 2.44. The molecule has 27 heavy (non-hydrogen) atoms. The van der Waals surface area contributed by atoms with Crippen molar-refractivity contribution in [2.45, 2.75) is 39.3 Å². The second-order valence-electron chi connectivity index (χ2n) is 7.15. The lowest BCUT2D eigenvalue weighted by Gasteiger charge is -2.25. The summed E-state index contributed by atoms with van der Waals surface area (Å²) >= 11 is 6.10. The predicted molar refractivity (Wildman–Crippen MR) is 106 cm³/mol. The highest BCUT2D eigenvalue weighted by atomic mass is 35.5. The molecule has 0 amide bonds. The summed E-state index contributed by atoms with van der Waals surface area (Å²) in [4.78, 5) is 11.9. The first-order chi connectivity index (χ1) is 13.0. The summed E-state index contributed by atoms with van der Waals surface area (Å²) in [6, 6.07) is 13.8. The van der Waals surface area contributed by atoms with E-state index in [0.29, 0.717) is 11.4 Å². The van der Waals surface area contributed by atoms with Gasteiger partial charge >= 0.3 is 0 Å². The number of rotatable bonds is 3. The number of hydrogen-bond donors (Lipinski definition) is 1. The van der Waals surface area contributed by atoms with Crippen LogP contribution in [0.2, 0.25) is 5.02 Å². The third-order valence-electron chi connectivity index (χ3n) is 5.15. The van der Waals surface area contributed by atoms with E-state index in [1.165, 1.54) is 11.1 Å². The van der Waals surface area contributed by atoms with Gasteiger partial charge in [0.25, 0.3) is 0 Å². The fraction of sp³-hybridized carbons (Fsp3) is 0.273. The van der Waals surface area contributed by atoms with Gasteiger partial charge in [-0.2, -0.15) is 0 Å². The molecular weight excluding hydrogens is 360 g/mol. The molecule has 1 aliphatic rings. The number of nitrogens with zero attached hydrogens (tertiary/aromatic N) is 1. The largest absolute Gasteiger partial charge is 0.359 e. The first kappa shape index (κ1) is 18.0. The van der Waals surface area contributed by atoms with E-state index in [-0.39, 0.29) is 17.9 Å². The number of benzene rings is 2. The summed E-state index contributed by atoms with van der Waals surface area (Å²) in [7, 11) is 0. The highest BCUT2D eigenvalue weighted by molar-refractivity contribution is 6.30. The third-order valence-corrected chi connectivity index (χ3v) is 5.40. The summed E-state index contributed by atoms with van der Waals surface area (Å²) in [5.41, 5.74) is 6.38. The lowest BCUT2D eigenvalue weighted by Crippen LogP contribution is -2.28. The van der Waals surface area contributed by atoms with E-state index in [2.05, 4.69) is 35.6 Å². The van der Waals surface area contributed by atoms with Crippen LogP contribution in [0.1, 0.15) is 53.6 Å². The van der Waals surface area contributed by atoms with Crippen LogP contribution in [0.4, 0.5) is 0 Å². The number of fused-ring (bicyclic) bond motifs is 3. The maximum atomic E-state index is 11.9. The van der Waals surface area contributed by atoms with Crippen molar-refractivity contribution in [3.63, 3.8) is 0 Å². The van der Waals surface area contributed by atoms with Crippen molar-refractivity contribution in [1.82, 2.24) is 10.5 Å². The molecule has 1 unspecified atom stereocenters. The number of nitrogens with one attached hydrogen (secondary N) is 1. The van der Waals surface area contributed by atoms with Crippen LogP contribution in [-0.2, 0) is 4.79 Å². The quantitative estimate of drug-likeness (QED) is 0.667. The Morgan fingerprint density at radius 2 is 1.93 bits per heavy atom. The summed E-state index contributed by atoms with van der Waals surface area (Å²) < 4.78 is 5.69. The summed E-state index contributed by atoms with van der Waals surface area (Å²) in [6.45, 7) is 5.66. The van der Waals surface area contributed by atoms with Gasteiger partial charge in [-0.1, -0.05) is 47.1 Å². The van der Waals surface area contributed by atoms with Crippen molar-refractivity contribution in [3.8, 4) is 11.1 Å². The van der Waals surface area contributed by atoms with Gasteiger partial charge in [-0.15, -0.1) is 0 Å². The lowest BCUT2D eigenvalue weighted by atomic mass is 9.88. The van der Waals surface area contributed by atoms with Crippen LogP contribution in [0, 0.1) is 13.8 Å². The van der Waals surface area contributed by atoms with E-state index in [0.717, 1.165) is 28.1 Å². The smallest absolute Gasteiger partial charge is 0.162 e. The van der Waals surface area contributed by atoms with Crippen LogP contribution in [0.25, 0.3) is 11.1 Å². The van der Waals surface area contributed by atoms with Gasteiger partial charge in [0, 0.05) is 17.0 Å². The van der Waals surface area contributed by atoms with Crippen LogP contribution in [0.3, 0.4) is 0 Å².